The molecule has 2 heterocycles. The monoisotopic (exact) mass is 431 g/mol. The Balaban J connectivity index is 1.83. The van der Waals surface area contributed by atoms with Crippen LogP contribution in [0.25, 0.3) is 12.2 Å². The van der Waals surface area contributed by atoms with Crippen molar-refractivity contribution in [3.63, 3.8) is 0 Å². The summed E-state index contributed by atoms with van der Waals surface area (Å²) in [4.78, 5) is 12.1. The van der Waals surface area contributed by atoms with Crippen LogP contribution in [0.15, 0.2) is 45.1 Å². The summed E-state index contributed by atoms with van der Waals surface area (Å²) in [5, 5.41) is 6.53. The molecular weight excluding hydrogens is 410 g/mol. The van der Waals surface area contributed by atoms with Gasteiger partial charge in [0.15, 0.2) is 5.76 Å². The van der Waals surface area contributed by atoms with Crippen LogP contribution in [0.4, 0.5) is 11.4 Å². The normalized spacial score (nSPS) is 11.7. The maximum Gasteiger partial charge on any atom is 0.273 e. The van der Waals surface area contributed by atoms with Crippen LogP contribution in [0.5, 0.6) is 0 Å². The highest BCUT2D eigenvalue weighted by Crippen LogP contribution is 2.29. The number of aromatic nitrogens is 1. The van der Waals surface area contributed by atoms with E-state index in [0.29, 0.717) is 22.8 Å². The molecule has 0 radical (unpaired) electrons. The Kier molecular flexibility index (Phi) is 5.90. The fourth-order valence-electron chi connectivity index (χ4n) is 2.58. The topological polar surface area (TPSA) is 92.5 Å². The molecule has 1 N–H and O–H groups in total. The van der Waals surface area contributed by atoms with Crippen molar-refractivity contribution in [1.82, 2.24) is 5.16 Å². The molecule has 0 bridgehead atoms. The van der Waals surface area contributed by atoms with Crippen LogP contribution < -0.4 is 9.62 Å². The third kappa shape index (κ3) is 4.57. The van der Waals surface area contributed by atoms with Crippen molar-refractivity contribution in [2.24, 2.45) is 0 Å². The first-order valence-corrected chi connectivity index (χ1v) is 11.0. The molecule has 3 aromatic rings. The fraction of sp³-hybridized carbons (Fsp3) is 0.200. The molecule has 1 aromatic carbocycles. The first kappa shape index (κ1) is 20.8. The number of sulfonamides is 1. The van der Waals surface area contributed by atoms with E-state index in [-0.39, 0.29) is 10.1 Å². The predicted octanol–water partition coefficient (Wildman–Crippen LogP) is 4.31. The van der Waals surface area contributed by atoms with Crippen LogP contribution in [0.3, 0.4) is 0 Å². The van der Waals surface area contributed by atoms with E-state index >= 15 is 0 Å². The van der Waals surface area contributed by atoms with Crippen LogP contribution >= 0.6 is 11.3 Å². The predicted molar refractivity (Wildman–Crippen MR) is 116 cm³/mol. The number of rotatable bonds is 6. The van der Waals surface area contributed by atoms with Crippen molar-refractivity contribution in [2.75, 3.05) is 16.7 Å². The summed E-state index contributed by atoms with van der Waals surface area (Å²) >= 11 is 1.15. The van der Waals surface area contributed by atoms with Crippen LogP contribution in [0, 0.1) is 13.8 Å². The van der Waals surface area contributed by atoms with Crippen LogP contribution in [0.1, 0.15) is 28.8 Å². The molecule has 0 saturated heterocycles. The van der Waals surface area contributed by atoms with Gasteiger partial charge < -0.3 is 9.84 Å². The molecule has 29 heavy (non-hydrogen) atoms. The maximum atomic E-state index is 12.9. The maximum absolute atomic E-state index is 12.9. The number of nitrogens with one attached hydrogen (secondary N) is 1. The van der Waals surface area contributed by atoms with Crippen LogP contribution in [-0.4, -0.2) is 26.5 Å². The summed E-state index contributed by atoms with van der Waals surface area (Å²) in [7, 11) is -2.13. The van der Waals surface area contributed by atoms with Gasteiger partial charge in [0.2, 0.25) is 5.91 Å². The summed E-state index contributed by atoms with van der Waals surface area (Å²) in [6, 6.07) is 10.6. The Bertz CT molecular complexity index is 1160. The Hall–Kier alpha value is -2.91. The Morgan fingerprint density at radius 2 is 1.83 bits per heavy atom. The number of aryl methyl sites for hydroxylation is 2. The highest BCUT2D eigenvalue weighted by atomic mass is 32.2. The first-order chi connectivity index (χ1) is 13.7. The average molecular weight is 432 g/mol. The van der Waals surface area contributed by atoms with Gasteiger partial charge in [-0.15, -0.1) is 11.3 Å². The second-order valence-electron chi connectivity index (χ2n) is 6.49. The number of anilines is 2. The number of nitrogens with zero attached hydrogens (tertiary/aromatic N) is 2. The van der Waals surface area contributed by atoms with Crippen molar-refractivity contribution in [2.45, 2.75) is 25.0 Å². The molecule has 0 fully saturated rings. The van der Waals surface area contributed by atoms with Gasteiger partial charge in [0.05, 0.1) is 5.69 Å². The molecule has 0 aliphatic carbocycles. The third-order valence-corrected chi connectivity index (χ3v) is 7.51. The summed E-state index contributed by atoms with van der Waals surface area (Å²) in [5.41, 5.74) is 2.72. The van der Waals surface area contributed by atoms with Gasteiger partial charge in [-0.2, -0.15) is 0 Å². The number of amides is 1. The summed E-state index contributed by atoms with van der Waals surface area (Å²) in [5.74, 6) is 0.168. The van der Waals surface area contributed by atoms with E-state index in [1.165, 1.54) is 18.3 Å². The molecule has 9 heteroatoms. The van der Waals surface area contributed by atoms with Gasteiger partial charge in [-0.1, -0.05) is 22.9 Å². The molecule has 1 amide bonds. The first-order valence-electron chi connectivity index (χ1n) is 8.76. The van der Waals surface area contributed by atoms with E-state index in [9.17, 15) is 13.2 Å². The zero-order valence-electron chi connectivity index (χ0n) is 16.5. The van der Waals surface area contributed by atoms with E-state index in [2.05, 4.69) is 10.5 Å². The number of benzene rings is 1. The van der Waals surface area contributed by atoms with Crippen LogP contribution in [0.2, 0.25) is 0 Å². The molecule has 0 unspecified atom stereocenters. The molecule has 7 nitrogen and oxygen atoms in total. The number of carbonyl (C=O) groups excluding carboxylic acids is 1. The molecule has 3 rings (SSSR count). The minimum Gasteiger partial charge on any atom is -0.354 e. The van der Waals surface area contributed by atoms with Crippen molar-refractivity contribution < 1.29 is 17.7 Å². The van der Waals surface area contributed by atoms with Crippen molar-refractivity contribution in [3.05, 3.63) is 58.3 Å². The lowest BCUT2D eigenvalue weighted by Crippen LogP contribution is -2.25. The number of hydrogen-bond donors (Lipinski definition) is 1. The zero-order chi connectivity index (χ0) is 21.2. The molecule has 152 valence electrons. The Morgan fingerprint density at radius 1 is 1.14 bits per heavy atom. The molecule has 0 aliphatic rings. The van der Waals surface area contributed by atoms with Gasteiger partial charge in [0.25, 0.3) is 10.0 Å². The van der Waals surface area contributed by atoms with Crippen molar-refractivity contribution >= 4 is 50.8 Å². The zero-order valence-corrected chi connectivity index (χ0v) is 18.1. The van der Waals surface area contributed by atoms with E-state index in [1.807, 2.05) is 19.1 Å². The van der Waals surface area contributed by atoms with E-state index < -0.39 is 10.0 Å². The average Bonchev–Trinajstić information content (AvgIpc) is 3.28. The molecule has 0 spiro atoms. The molecular formula is C20H21N3O4S2. The lowest BCUT2D eigenvalue weighted by atomic mass is 10.2. The second kappa shape index (κ2) is 8.22. The smallest absolute Gasteiger partial charge is 0.273 e. The number of thiophene rings is 1. The molecule has 0 aliphatic heterocycles. The van der Waals surface area contributed by atoms with Gasteiger partial charge in [-0.05, 0) is 50.3 Å². The largest absolute Gasteiger partial charge is 0.354 e. The number of carbonyl (C=O) groups is 1. The lowest BCUT2D eigenvalue weighted by molar-refractivity contribution is -0.114. The van der Waals surface area contributed by atoms with Crippen molar-refractivity contribution in [1.29, 1.82) is 0 Å². The Morgan fingerprint density at radius 3 is 2.48 bits per heavy atom. The SMILES string of the molecule is CC(=O)Nc1c(C)noc1/C=C/c1ccc(S(=O)(=O)N(C)c2ccc(C)cc2)s1. The van der Waals surface area contributed by atoms with Gasteiger partial charge in [0, 0.05) is 18.8 Å². The summed E-state index contributed by atoms with van der Waals surface area (Å²) in [6.07, 6.45) is 3.37. The molecule has 0 saturated carbocycles. The van der Waals surface area contributed by atoms with Gasteiger partial charge in [-0.25, -0.2) is 8.42 Å². The summed E-state index contributed by atoms with van der Waals surface area (Å²) in [6.45, 7) is 5.08. The van der Waals surface area contributed by atoms with Gasteiger partial charge in [-0.3, -0.25) is 9.10 Å². The highest BCUT2D eigenvalue weighted by Gasteiger charge is 2.23. The fourth-order valence-corrected chi connectivity index (χ4v) is 5.17. The second-order valence-corrected chi connectivity index (χ2v) is 9.80. The van der Waals surface area contributed by atoms with Gasteiger partial charge >= 0.3 is 0 Å². The van der Waals surface area contributed by atoms with E-state index in [4.69, 9.17) is 4.52 Å². The molecule has 2 aromatic heterocycles. The highest BCUT2D eigenvalue weighted by molar-refractivity contribution is 7.94. The van der Waals surface area contributed by atoms with E-state index in [1.54, 1.807) is 43.3 Å². The van der Waals surface area contributed by atoms with Crippen LogP contribution in [-0.2, 0) is 14.8 Å². The summed E-state index contributed by atoms with van der Waals surface area (Å²) < 4.78 is 32.6. The minimum atomic E-state index is -3.66. The Labute approximate surface area is 173 Å². The third-order valence-electron chi connectivity index (χ3n) is 4.20. The minimum absolute atomic E-state index is 0.227. The quantitative estimate of drug-likeness (QED) is 0.628. The number of hydrogen-bond acceptors (Lipinski definition) is 6. The molecule has 0 atom stereocenters. The lowest BCUT2D eigenvalue weighted by Gasteiger charge is -2.18. The standard InChI is InChI=1S/C20H21N3O4S2/c1-13-5-7-16(8-6-13)23(4)29(25,26)19-12-10-17(28-19)9-11-18-20(21-15(3)24)14(2)22-27-18/h5-12H,1-4H3,(H,21,24)/b11-9+. The van der Waals surface area contributed by atoms with Gasteiger partial charge in [0.1, 0.15) is 15.6 Å². The van der Waals surface area contributed by atoms with E-state index in [0.717, 1.165) is 21.8 Å². The van der Waals surface area contributed by atoms with Crippen molar-refractivity contribution in [3.8, 4) is 0 Å².